The van der Waals surface area contributed by atoms with E-state index in [4.69, 9.17) is 27.6 Å². The third kappa shape index (κ3) is 5.47. The largest absolute Gasteiger partial charge is 0.467 e. The summed E-state index contributed by atoms with van der Waals surface area (Å²) in [6.45, 7) is 0.711. The second-order valence-electron chi connectivity index (χ2n) is 7.86. The zero-order valence-electron chi connectivity index (χ0n) is 17.6. The molecule has 1 fully saturated rings. The minimum atomic E-state index is -0.337. The van der Waals surface area contributed by atoms with Crippen LogP contribution in [0.1, 0.15) is 24.3 Å². The molecule has 0 radical (unpaired) electrons. The smallest absolute Gasteiger partial charge is 0.322 e. The maximum Gasteiger partial charge on any atom is 0.322 e. The van der Waals surface area contributed by atoms with Crippen molar-refractivity contribution in [2.45, 2.75) is 32.0 Å². The highest BCUT2D eigenvalue weighted by atomic mass is 35.5. The Hall–Kier alpha value is -2.90. The number of hydrogen-bond acceptors (Lipinski definition) is 3. The SMILES string of the molecule is Cn1cccc1CN(Cc1ccco1)C(=O)CN(C(=O)Nc1ccc(Cl)c(Cl)c1)C1CC1. The number of aryl methyl sites for hydroxylation is 1. The summed E-state index contributed by atoms with van der Waals surface area (Å²) in [5.74, 6) is 0.532. The third-order valence-corrected chi connectivity index (χ3v) is 6.15. The van der Waals surface area contributed by atoms with Crippen LogP contribution in [0.3, 0.4) is 0 Å². The molecule has 2 heterocycles. The molecule has 0 unspecified atom stereocenters. The second-order valence-corrected chi connectivity index (χ2v) is 8.67. The van der Waals surface area contributed by atoms with Crippen LogP contribution in [-0.2, 0) is 24.9 Å². The number of anilines is 1. The molecule has 4 rings (SSSR count). The number of nitrogens with one attached hydrogen (secondary N) is 1. The van der Waals surface area contributed by atoms with Crippen molar-refractivity contribution in [2.75, 3.05) is 11.9 Å². The Morgan fingerprint density at radius 1 is 1.12 bits per heavy atom. The van der Waals surface area contributed by atoms with E-state index in [-0.39, 0.29) is 24.5 Å². The number of urea groups is 1. The molecule has 3 amide bonds. The van der Waals surface area contributed by atoms with E-state index in [1.807, 2.05) is 36.0 Å². The summed E-state index contributed by atoms with van der Waals surface area (Å²) in [6, 6.07) is 12.1. The molecule has 0 bridgehead atoms. The van der Waals surface area contributed by atoms with Gasteiger partial charge in [0.15, 0.2) is 0 Å². The summed E-state index contributed by atoms with van der Waals surface area (Å²) in [6.07, 6.45) is 5.27. The molecule has 0 aliphatic heterocycles. The highest BCUT2D eigenvalue weighted by Gasteiger charge is 2.35. The summed E-state index contributed by atoms with van der Waals surface area (Å²) in [4.78, 5) is 29.6. The average molecular weight is 475 g/mol. The first kappa shape index (κ1) is 22.3. The summed E-state index contributed by atoms with van der Waals surface area (Å²) >= 11 is 12.0. The van der Waals surface area contributed by atoms with E-state index < -0.39 is 0 Å². The van der Waals surface area contributed by atoms with Gasteiger partial charge in [0.2, 0.25) is 5.91 Å². The molecule has 0 atom stereocenters. The minimum absolute atomic E-state index is 0.0248. The molecule has 3 aromatic rings. The van der Waals surface area contributed by atoms with Gasteiger partial charge < -0.3 is 24.1 Å². The van der Waals surface area contributed by atoms with Crippen LogP contribution >= 0.6 is 23.2 Å². The minimum Gasteiger partial charge on any atom is -0.467 e. The van der Waals surface area contributed by atoms with Crippen molar-refractivity contribution in [1.29, 1.82) is 0 Å². The number of amides is 3. The molecule has 0 spiro atoms. The van der Waals surface area contributed by atoms with E-state index in [9.17, 15) is 9.59 Å². The van der Waals surface area contributed by atoms with Gasteiger partial charge in [0, 0.05) is 30.7 Å². The van der Waals surface area contributed by atoms with Gasteiger partial charge in [-0.1, -0.05) is 23.2 Å². The van der Waals surface area contributed by atoms with E-state index in [2.05, 4.69) is 5.32 Å². The van der Waals surface area contributed by atoms with Gasteiger partial charge in [-0.2, -0.15) is 0 Å². The number of rotatable bonds is 8. The van der Waals surface area contributed by atoms with Crippen molar-refractivity contribution in [3.63, 3.8) is 0 Å². The van der Waals surface area contributed by atoms with Gasteiger partial charge >= 0.3 is 6.03 Å². The van der Waals surface area contributed by atoms with Crippen LogP contribution in [0.4, 0.5) is 10.5 Å². The number of hydrogen-bond donors (Lipinski definition) is 1. The van der Waals surface area contributed by atoms with Crippen molar-refractivity contribution in [3.05, 3.63) is 76.4 Å². The van der Waals surface area contributed by atoms with E-state index >= 15 is 0 Å². The van der Waals surface area contributed by atoms with Crippen molar-refractivity contribution < 1.29 is 14.0 Å². The molecule has 0 saturated heterocycles. The highest BCUT2D eigenvalue weighted by Crippen LogP contribution is 2.29. The molecule has 1 aliphatic rings. The number of carbonyl (C=O) groups is 2. The number of nitrogens with zero attached hydrogens (tertiary/aromatic N) is 3. The Labute approximate surface area is 196 Å². The second kappa shape index (κ2) is 9.71. The average Bonchev–Trinajstić information content (AvgIpc) is 3.32. The maximum absolute atomic E-state index is 13.3. The molecule has 7 nitrogen and oxygen atoms in total. The lowest BCUT2D eigenvalue weighted by Crippen LogP contribution is -2.45. The van der Waals surface area contributed by atoms with Crippen molar-refractivity contribution in [2.24, 2.45) is 7.05 Å². The topological polar surface area (TPSA) is 70.7 Å². The van der Waals surface area contributed by atoms with Crippen molar-refractivity contribution >= 4 is 40.8 Å². The van der Waals surface area contributed by atoms with Gasteiger partial charge in [0.05, 0.1) is 29.4 Å². The first-order chi connectivity index (χ1) is 15.4. The fourth-order valence-corrected chi connectivity index (χ4v) is 3.75. The Kier molecular flexibility index (Phi) is 6.77. The van der Waals surface area contributed by atoms with E-state index in [0.717, 1.165) is 18.5 Å². The third-order valence-electron chi connectivity index (χ3n) is 5.41. The molecule has 1 N–H and O–H groups in total. The summed E-state index contributed by atoms with van der Waals surface area (Å²) < 4.78 is 7.43. The molecular weight excluding hydrogens is 451 g/mol. The Morgan fingerprint density at radius 2 is 1.94 bits per heavy atom. The van der Waals surface area contributed by atoms with Gasteiger partial charge in [-0.3, -0.25) is 4.79 Å². The lowest BCUT2D eigenvalue weighted by Gasteiger charge is -2.27. The van der Waals surface area contributed by atoms with Gasteiger partial charge in [-0.05, 0) is 55.3 Å². The lowest BCUT2D eigenvalue weighted by molar-refractivity contribution is -0.133. The number of aromatic nitrogens is 1. The number of furan rings is 1. The molecule has 32 heavy (non-hydrogen) atoms. The quantitative estimate of drug-likeness (QED) is 0.490. The number of carbonyl (C=O) groups excluding carboxylic acids is 2. The Morgan fingerprint density at radius 3 is 2.56 bits per heavy atom. The monoisotopic (exact) mass is 474 g/mol. The molecule has 2 aromatic heterocycles. The fraction of sp³-hybridized carbons (Fsp3) is 0.304. The van der Waals surface area contributed by atoms with E-state index in [0.29, 0.717) is 34.6 Å². The summed E-state index contributed by atoms with van der Waals surface area (Å²) in [7, 11) is 1.94. The molecule has 9 heteroatoms. The number of benzene rings is 1. The Bertz CT molecular complexity index is 1090. The van der Waals surface area contributed by atoms with Crippen LogP contribution < -0.4 is 5.32 Å². The normalized spacial score (nSPS) is 13.1. The van der Waals surface area contributed by atoms with Crippen molar-refractivity contribution in [3.8, 4) is 0 Å². The van der Waals surface area contributed by atoms with Gasteiger partial charge in [-0.25, -0.2) is 4.79 Å². The van der Waals surface area contributed by atoms with Crippen LogP contribution in [0.2, 0.25) is 10.0 Å². The van der Waals surface area contributed by atoms with Gasteiger partial charge in [-0.15, -0.1) is 0 Å². The summed E-state index contributed by atoms with van der Waals surface area (Å²) in [5, 5.41) is 3.59. The zero-order chi connectivity index (χ0) is 22.7. The number of halogens is 2. The predicted octanol–water partition coefficient (Wildman–Crippen LogP) is 5.15. The summed E-state index contributed by atoms with van der Waals surface area (Å²) in [5.41, 5.74) is 1.52. The molecular formula is C23H24Cl2N4O3. The van der Waals surface area contributed by atoms with E-state index in [1.54, 1.807) is 40.3 Å². The van der Waals surface area contributed by atoms with Crippen LogP contribution in [0, 0.1) is 0 Å². The van der Waals surface area contributed by atoms with Crippen molar-refractivity contribution in [1.82, 2.24) is 14.4 Å². The van der Waals surface area contributed by atoms with Crippen LogP contribution in [0.5, 0.6) is 0 Å². The Balaban J connectivity index is 1.48. The molecule has 1 aliphatic carbocycles. The molecule has 1 saturated carbocycles. The lowest BCUT2D eigenvalue weighted by atomic mass is 10.3. The maximum atomic E-state index is 13.3. The van der Waals surface area contributed by atoms with Crippen LogP contribution in [0.15, 0.2) is 59.3 Å². The predicted molar refractivity (Wildman–Crippen MR) is 124 cm³/mol. The molecule has 168 valence electrons. The fourth-order valence-electron chi connectivity index (χ4n) is 3.45. The highest BCUT2D eigenvalue weighted by molar-refractivity contribution is 6.42. The first-order valence-electron chi connectivity index (χ1n) is 10.3. The van der Waals surface area contributed by atoms with Gasteiger partial charge in [0.1, 0.15) is 12.3 Å². The van der Waals surface area contributed by atoms with E-state index in [1.165, 1.54) is 0 Å². The zero-order valence-corrected chi connectivity index (χ0v) is 19.1. The van der Waals surface area contributed by atoms with Crippen LogP contribution in [0.25, 0.3) is 0 Å². The standard InChI is InChI=1S/C23H24Cl2N4O3/c1-27-10-2-4-18(27)13-28(14-19-5-3-11-32-19)22(30)15-29(17-7-8-17)23(31)26-16-6-9-20(24)21(25)12-16/h2-6,9-12,17H,7-8,13-15H2,1H3,(H,26,31). The first-order valence-corrected chi connectivity index (χ1v) is 11.1. The van der Waals surface area contributed by atoms with Gasteiger partial charge in [0.25, 0.3) is 0 Å². The molecule has 1 aromatic carbocycles. The van der Waals surface area contributed by atoms with Crippen LogP contribution in [-0.4, -0.2) is 38.9 Å².